The van der Waals surface area contributed by atoms with Crippen LogP contribution in [0.25, 0.3) is 0 Å². The summed E-state index contributed by atoms with van der Waals surface area (Å²) in [6, 6.07) is 0. The fourth-order valence-corrected chi connectivity index (χ4v) is 1.89. The van der Waals surface area contributed by atoms with Crippen LogP contribution in [0.5, 0.6) is 0 Å². The van der Waals surface area contributed by atoms with Gasteiger partial charge in [-0.25, -0.2) is 4.79 Å². The Morgan fingerprint density at radius 1 is 1.17 bits per heavy atom. The first-order chi connectivity index (χ1) is 8.36. The van der Waals surface area contributed by atoms with Crippen LogP contribution in [-0.2, 0) is 19.1 Å². The second-order valence-electron chi connectivity index (χ2n) is 5.23. The highest BCUT2D eigenvalue weighted by Gasteiger charge is 2.27. The molecular weight excluding hydrogens is 232 g/mol. The van der Waals surface area contributed by atoms with Crippen LogP contribution in [0.1, 0.15) is 60.3 Å². The second kappa shape index (κ2) is 8.11. The van der Waals surface area contributed by atoms with Crippen LogP contribution < -0.4 is 0 Å². The van der Waals surface area contributed by atoms with Crippen LogP contribution in [-0.4, -0.2) is 24.6 Å². The van der Waals surface area contributed by atoms with Crippen molar-refractivity contribution in [3.8, 4) is 0 Å². The number of esters is 2. The van der Waals surface area contributed by atoms with Gasteiger partial charge in [0.25, 0.3) is 0 Å². The van der Waals surface area contributed by atoms with Gasteiger partial charge >= 0.3 is 11.9 Å². The molecule has 4 heteroatoms. The topological polar surface area (TPSA) is 52.6 Å². The molecule has 0 aromatic rings. The van der Waals surface area contributed by atoms with Crippen LogP contribution in [0.15, 0.2) is 0 Å². The van der Waals surface area contributed by atoms with E-state index in [0.717, 1.165) is 12.8 Å². The molecule has 4 nitrogen and oxygen atoms in total. The van der Waals surface area contributed by atoms with Crippen molar-refractivity contribution >= 4 is 11.9 Å². The highest BCUT2D eigenvalue weighted by Crippen LogP contribution is 2.27. The van der Waals surface area contributed by atoms with E-state index in [2.05, 4.69) is 6.92 Å². The van der Waals surface area contributed by atoms with Crippen molar-refractivity contribution in [3.05, 3.63) is 0 Å². The van der Waals surface area contributed by atoms with Gasteiger partial charge in [0.2, 0.25) is 0 Å². The zero-order valence-corrected chi connectivity index (χ0v) is 12.2. The van der Waals surface area contributed by atoms with E-state index in [1.54, 1.807) is 13.8 Å². The zero-order valence-electron chi connectivity index (χ0n) is 12.2. The molecule has 0 aliphatic heterocycles. The smallest absolute Gasteiger partial charge is 0.347 e. The molecular formula is C14H26O4. The molecule has 0 rings (SSSR count). The van der Waals surface area contributed by atoms with Gasteiger partial charge in [-0.2, -0.15) is 0 Å². The number of ether oxygens (including phenoxy) is 2. The summed E-state index contributed by atoms with van der Waals surface area (Å²) in [5, 5.41) is 0. The Hall–Kier alpha value is -1.06. The summed E-state index contributed by atoms with van der Waals surface area (Å²) in [4.78, 5) is 23.3. The maximum atomic E-state index is 11.8. The van der Waals surface area contributed by atoms with Crippen molar-refractivity contribution in [2.75, 3.05) is 6.61 Å². The fraction of sp³-hybridized carbons (Fsp3) is 0.857. The molecule has 106 valence electrons. The third-order valence-electron chi connectivity index (χ3n) is 2.74. The van der Waals surface area contributed by atoms with E-state index in [4.69, 9.17) is 9.47 Å². The molecule has 1 unspecified atom stereocenters. The van der Waals surface area contributed by atoms with Crippen molar-refractivity contribution in [2.24, 2.45) is 5.41 Å². The van der Waals surface area contributed by atoms with Crippen LogP contribution >= 0.6 is 0 Å². The Labute approximate surface area is 110 Å². The monoisotopic (exact) mass is 258 g/mol. The highest BCUT2D eigenvalue weighted by atomic mass is 16.6. The van der Waals surface area contributed by atoms with E-state index in [-0.39, 0.29) is 11.4 Å². The lowest BCUT2D eigenvalue weighted by atomic mass is 9.85. The van der Waals surface area contributed by atoms with Gasteiger partial charge in [-0.3, -0.25) is 4.79 Å². The third kappa shape index (κ3) is 6.62. The standard InChI is InChI=1S/C14H26O4/c1-6-9-14(4,5)10-12(15)18-11(7-2)13(16)17-8-3/h11H,6-10H2,1-5H3. The number of hydrogen-bond acceptors (Lipinski definition) is 4. The summed E-state index contributed by atoms with van der Waals surface area (Å²) < 4.78 is 10.0. The van der Waals surface area contributed by atoms with Crippen LogP contribution in [0.2, 0.25) is 0 Å². The van der Waals surface area contributed by atoms with E-state index in [9.17, 15) is 9.59 Å². The lowest BCUT2D eigenvalue weighted by molar-refractivity contribution is -0.169. The lowest BCUT2D eigenvalue weighted by Gasteiger charge is -2.24. The van der Waals surface area contributed by atoms with E-state index in [1.807, 2.05) is 13.8 Å². The molecule has 0 aromatic carbocycles. The third-order valence-corrected chi connectivity index (χ3v) is 2.74. The van der Waals surface area contributed by atoms with Gasteiger partial charge in [0, 0.05) is 0 Å². The van der Waals surface area contributed by atoms with Gasteiger partial charge in [0.05, 0.1) is 13.0 Å². The highest BCUT2D eigenvalue weighted by molar-refractivity contribution is 5.79. The normalized spacial score (nSPS) is 12.9. The lowest BCUT2D eigenvalue weighted by Crippen LogP contribution is -2.30. The van der Waals surface area contributed by atoms with Gasteiger partial charge in [0.15, 0.2) is 6.10 Å². The van der Waals surface area contributed by atoms with Crippen LogP contribution in [0, 0.1) is 5.41 Å². The average molecular weight is 258 g/mol. The van der Waals surface area contributed by atoms with Gasteiger partial charge in [-0.1, -0.05) is 34.1 Å². The molecule has 1 atom stereocenters. The van der Waals surface area contributed by atoms with E-state index >= 15 is 0 Å². The Bertz CT molecular complexity index is 271. The first-order valence-corrected chi connectivity index (χ1v) is 6.72. The van der Waals surface area contributed by atoms with Crippen molar-refractivity contribution in [1.82, 2.24) is 0 Å². The molecule has 0 spiro atoms. The summed E-state index contributed by atoms with van der Waals surface area (Å²) in [5.41, 5.74) is -0.0845. The molecule has 0 aromatic heterocycles. The molecule has 0 aliphatic rings. The Balaban J connectivity index is 4.31. The molecule has 0 saturated carbocycles. The summed E-state index contributed by atoms with van der Waals surface area (Å²) in [7, 11) is 0. The predicted molar refractivity (Wildman–Crippen MR) is 70.1 cm³/mol. The van der Waals surface area contributed by atoms with E-state index in [0.29, 0.717) is 19.4 Å². The van der Waals surface area contributed by atoms with E-state index in [1.165, 1.54) is 0 Å². The number of carbonyl (C=O) groups excluding carboxylic acids is 2. The largest absolute Gasteiger partial charge is 0.463 e. The summed E-state index contributed by atoms with van der Waals surface area (Å²) in [5.74, 6) is -0.782. The number of rotatable bonds is 8. The minimum Gasteiger partial charge on any atom is -0.463 e. The first-order valence-electron chi connectivity index (χ1n) is 6.72. The van der Waals surface area contributed by atoms with Gasteiger partial charge in [0.1, 0.15) is 0 Å². The fourth-order valence-electron chi connectivity index (χ4n) is 1.89. The van der Waals surface area contributed by atoms with Crippen molar-refractivity contribution in [3.63, 3.8) is 0 Å². The Morgan fingerprint density at radius 2 is 1.78 bits per heavy atom. The predicted octanol–water partition coefficient (Wildman–Crippen LogP) is 3.09. The maximum Gasteiger partial charge on any atom is 0.347 e. The molecule has 0 aliphatic carbocycles. The molecule has 18 heavy (non-hydrogen) atoms. The first kappa shape index (κ1) is 16.9. The maximum absolute atomic E-state index is 11.8. The molecule has 0 amide bonds. The van der Waals surface area contributed by atoms with Gasteiger partial charge < -0.3 is 9.47 Å². The van der Waals surface area contributed by atoms with Gasteiger partial charge in [-0.15, -0.1) is 0 Å². The summed E-state index contributed by atoms with van der Waals surface area (Å²) in [6.07, 6.45) is 1.98. The zero-order chi connectivity index (χ0) is 14.2. The van der Waals surface area contributed by atoms with Crippen molar-refractivity contribution < 1.29 is 19.1 Å². The SMILES string of the molecule is CCCC(C)(C)CC(=O)OC(CC)C(=O)OCC. The summed E-state index contributed by atoms with van der Waals surface area (Å²) in [6.45, 7) is 9.98. The quantitative estimate of drug-likeness (QED) is 0.628. The Kier molecular flexibility index (Phi) is 7.64. The van der Waals surface area contributed by atoms with Crippen LogP contribution in [0.3, 0.4) is 0 Å². The van der Waals surface area contributed by atoms with Crippen molar-refractivity contribution in [1.29, 1.82) is 0 Å². The molecule has 0 bridgehead atoms. The van der Waals surface area contributed by atoms with E-state index < -0.39 is 12.1 Å². The van der Waals surface area contributed by atoms with Crippen LogP contribution in [0.4, 0.5) is 0 Å². The Morgan fingerprint density at radius 3 is 2.22 bits per heavy atom. The minimum atomic E-state index is -0.769. The van der Waals surface area contributed by atoms with Gasteiger partial charge in [-0.05, 0) is 25.2 Å². The molecule has 0 fully saturated rings. The average Bonchev–Trinajstić information content (AvgIpc) is 2.25. The molecule has 0 saturated heterocycles. The molecule has 0 heterocycles. The van der Waals surface area contributed by atoms with Crippen molar-refractivity contribution in [2.45, 2.75) is 66.4 Å². The minimum absolute atomic E-state index is 0.0845. The number of hydrogen-bond donors (Lipinski definition) is 0. The summed E-state index contributed by atoms with van der Waals surface area (Å²) >= 11 is 0. The number of carbonyl (C=O) groups is 2. The molecule has 0 N–H and O–H groups in total. The second-order valence-corrected chi connectivity index (χ2v) is 5.23. The molecule has 0 radical (unpaired) electrons.